The SMILES string of the molecule is C=C/C=C(NC1=CC(C#N)C(C)C=C1)\C(=C/C)N=C(/C=C\C)/C(C)=C/C. The zero-order valence-corrected chi connectivity index (χ0v) is 16.5. The molecule has 0 fully saturated rings. The molecule has 136 valence electrons. The summed E-state index contributed by atoms with van der Waals surface area (Å²) in [6.45, 7) is 13.8. The quantitative estimate of drug-likeness (QED) is 0.470. The lowest BCUT2D eigenvalue weighted by molar-refractivity contribution is 0.607. The van der Waals surface area contributed by atoms with E-state index in [1.807, 2.05) is 77.2 Å². The van der Waals surface area contributed by atoms with E-state index in [4.69, 9.17) is 4.99 Å². The van der Waals surface area contributed by atoms with Gasteiger partial charge in [0.25, 0.3) is 0 Å². The fourth-order valence-corrected chi connectivity index (χ4v) is 2.45. The second-order valence-corrected chi connectivity index (χ2v) is 6.08. The van der Waals surface area contributed by atoms with Crippen LogP contribution in [-0.2, 0) is 0 Å². The Balaban J connectivity index is 3.23. The highest BCUT2D eigenvalue weighted by atomic mass is 14.9. The molecule has 0 aromatic rings. The van der Waals surface area contributed by atoms with Gasteiger partial charge in [0.05, 0.1) is 29.1 Å². The number of hydrogen-bond donors (Lipinski definition) is 1. The molecule has 3 heteroatoms. The van der Waals surface area contributed by atoms with Crippen molar-refractivity contribution in [2.75, 3.05) is 0 Å². The van der Waals surface area contributed by atoms with Crippen LogP contribution in [0.15, 0.2) is 88.9 Å². The molecule has 2 atom stereocenters. The minimum Gasteiger partial charge on any atom is -0.354 e. The van der Waals surface area contributed by atoms with Crippen molar-refractivity contribution in [1.29, 1.82) is 5.26 Å². The third-order valence-electron chi connectivity index (χ3n) is 4.17. The van der Waals surface area contributed by atoms with E-state index >= 15 is 0 Å². The number of allylic oxidation sites excluding steroid dienone is 10. The van der Waals surface area contributed by atoms with Crippen molar-refractivity contribution in [3.8, 4) is 6.07 Å². The highest BCUT2D eigenvalue weighted by molar-refractivity contribution is 6.08. The van der Waals surface area contributed by atoms with Gasteiger partial charge in [-0.1, -0.05) is 43.9 Å². The molecule has 26 heavy (non-hydrogen) atoms. The Bertz CT molecular complexity index is 762. The third-order valence-corrected chi connectivity index (χ3v) is 4.17. The topological polar surface area (TPSA) is 48.2 Å². The van der Waals surface area contributed by atoms with Gasteiger partial charge in [-0.05, 0) is 63.5 Å². The number of nitrogens with one attached hydrogen (secondary N) is 1. The van der Waals surface area contributed by atoms with E-state index in [1.165, 1.54) is 0 Å². The summed E-state index contributed by atoms with van der Waals surface area (Å²) in [5, 5.41) is 12.7. The molecule has 0 aromatic heterocycles. The van der Waals surface area contributed by atoms with Crippen molar-refractivity contribution in [2.24, 2.45) is 16.8 Å². The minimum atomic E-state index is -0.131. The number of hydrogen-bond acceptors (Lipinski definition) is 3. The first-order valence-corrected chi connectivity index (χ1v) is 8.91. The van der Waals surface area contributed by atoms with Crippen molar-refractivity contribution < 1.29 is 0 Å². The van der Waals surface area contributed by atoms with E-state index in [9.17, 15) is 5.26 Å². The Kier molecular flexibility index (Phi) is 8.87. The molecule has 1 N–H and O–H groups in total. The first-order chi connectivity index (χ1) is 12.5. The van der Waals surface area contributed by atoms with Gasteiger partial charge >= 0.3 is 0 Å². The lowest BCUT2D eigenvalue weighted by Gasteiger charge is -2.20. The lowest BCUT2D eigenvalue weighted by Crippen LogP contribution is -2.19. The first kappa shape index (κ1) is 21.2. The Labute approximate surface area is 158 Å². The van der Waals surface area contributed by atoms with Crippen LogP contribution in [0, 0.1) is 23.2 Å². The molecule has 0 bridgehead atoms. The van der Waals surface area contributed by atoms with Gasteiger partial charge in [-0.2, -0.15) is 5.26 Å². The normalized spacial score (nSPS) is 22.2. The molecule has 0 amide bonds. The van der Waals surface area contributed by atoms with Gasteiger partial charge in [-0.25, -0.2) is 4.99 Å². The van der Waals surface area contributed by atoms with Crippen LogP contribution < -0.4 is 5.32 Å². The summed E-state index contributed by atoms with van der Waals surface area (Å²) < 4.78 is 0. The van der Waals surface area contributed by atoms with Crippen molar-refractivity contribution in [1.82, 2.24) is 5.32 Å². The van der Waals surface area contributed by atoms with Gasteiger partial charge in [0.1, 0.15) is 0 Å². The van der Waals surface area contributed by atoms with Gasteiger partial charge in [-0.3, -0.25) is 0 Å². The molecule has 0 spiro atoms. The van der Waals surface area contributed by atoms with Crippen molar-refractivity contribution in [2.45, 2.75) is 34.6 Å². The zero-order chi connectivity index (χ0) is 19.5. The molecule has 0 saturated carbocycles. The van der Waals surface area contributed by atoms with Crippen LogP contribution in [0.4, 0.5) is 0 Å². The summed E-state index contributed by atoms with van der Waals surface area (Å²) >= 11 is 0. The maximum atomic E-state index is 9.30. The van der Waals surface area contributed by atoms with Gasteiger partial charge in [0, 0.05) is 5.70 Å². The monoisotopic (exact) mass is 347 g/mol. The summed E-state index contributed by atoms with van der Waals surface area (Å²) in [4.78, 5) is 4.82. The Hall–Kier alpha value is -2.86. The number of nitriles is 1. The van der Waals surface area contributed by atoms with Crippen LogP contribution >= 0.6 is 0 Å². The maximum absolute atomic E-state index is 9.30. The van der Waals surface area contributed by atoms with E-state index in [2.05, 4.69) is 24.0 Å². The number of nitrogens with zero attached hydrogens (tertiary/aromatic N) is 2. The van der Waals surface area contributed by atoms with Crippen LogP contribution in [0.3, 0.4) is 0 Å². The van der Waals surface area contributed by atoms with Gasteiger partial charge in [0.15, 0.2) is 0 Å². The number of rotatable bonds is 7. The summed E-state index contributed by atoms with van der Waals surface area (Å²) in [5.74, 6) is 0.0871. The van der Waals surface area contributed by atoms with Crippen LogP contribution in [0.2, 0.25) is 0 Å². The van der Waals surface area contributed by atoms with Crippen molar-refractivity contribution in [3.05, 3.63) is 83.9 Å². The van der Waals surface area contributed by atoms with Gasteiger partial charge in [0.2, 0.25) is 0 Å². The van der Waals surface area contributed by atoms with E-state index in [-0.39, 0.29) is 11.8 Å². The van der Waals surface area contributed by atoms with Crippen LogP contribution in [-0.4, -0.2) is 5.71 Å². The van der Waals surface area contributed by atoms with E-state index < -0.39 is 0 Å². The third kappa shape index (κ3) is 5.89. The first-order valence-electron chi connectivity index (χ1n) is 8.91. The summed E-state index contributed by atoms with van der Waals surface area (Å²) in [6.07, 6.45) is 17.6. The second kappa shape index (κ2) is 10.9. The Morgan fingerprint density at radius 3 is 2.58 bits per heavy atom. The van der Waals surface area contributed by atoms with E-state index in [0.717, 1.165) is 28.4 Å². The highest BCUT2D eigenvalue weighted by Crippen LogP contribution is 2.23. The van der Waals surface area contributed by atoms with Gasteiger partial charge < -0.3 is 5.32 Å². The summed E-state index contributed by atoms with van der Waals surface area (Å²) in [7, 11) is 0. The number of aliphatic imine (C=N–C) groups is 1. The largest absolute Gasteiger partial charge is 0.354 e. The second-order valence-electron chi connectivity index (χ2n) is 6.08. The van der Waals surface area contributed by atoms with Crippen LogP contribution in [0.1, 0.15) is 34.6 Å². The molecule has 0 saturated heterocycles. The van der Waals surface area contributed by atoms with Crippen LogP contribution in [0.5, 0.6) is 0 Å². The summed E-state index contributed by atoms with van der Waals surface area (Å²) in [5.41, 5.74) is 4.58. The standard InChI is InChI=1S/C23H29N3/c1-7-11-22(17(5)9-3)26-21(10-4)23(12-8-2)25-20-14-13-18(6)19(15-20)16-24/h7-15,18-19,25H,2H2,1,3-6H3/b11-7-,17-9+,21-10+,23-12+,26-22?. The molecule has 1 aliphatic carbocycles. The average Bonchev–Trinajstić information content (AvgIpc) is 2.65. The molecular formula is C23H29N3. The lowest BCUT2D eigenvalue weighted by atomic mass is 9.90. The molecular weight excluding hydrogens is 318 g/mol. The zero-order valence-electron chi connectivity index (χ0n) is 16.5. The van der Waals surface area contributed by atoms with Crippen LogP contribution in [0.25, 0.3) is 0 Å². The van der Waals surface area contributed by atoms with Crippen molar-refractivity contribution >= 4 is 5.71 Å². The molecule has 3 nitrogen and oxygen atoms in total. The minimum absolute atomic E-state index is 0.131. The Morgan fingerprint density at radius 1 is 1.31 bits per heavy atom. The predicted molar refractivity (Wildman–Crippen MR) is 112 cm³/mol. The van der Waals surface area contributed by atoms with Gasteiger partial charge in [-0.15, -0.1) is 0 Å². The van der Waals surface area contributed by atoms with Crippen molar-refractivity contribution in [3.63, 3.8) is 0 Å². The molecule has 1 aliphatic rings. The van der Waals surface area contributed by atoms with E-state index in [1.54, 1.807) is 6.08 Å². The molecule has 0 radical (unpaired) electrons. The fraction of sp³-hybridized carbons (Fsp3) is 0.304. The maximum Gasteiger partial charge on any atom is 0.0829 e. The predicted octanol–water partition coefficient (Wildman–Crippen LogP) is 5.76. The molecule has 2 unspecified atom stereocenters. The smallest absolute Gasteiger partial charge is 0.0829 e. The van der Waals surface area contributed by atoms with E-state index in [0.29, 0.717) is 0 Å². The highest BCUT2D eigenvalue weighted by Gasteiger charge is 2.17. The molecule has 0 aromatic carbocycles. The fourth-order valence-electron chi connectivity index (χ4n) is 2.45. The Morgan fingerprint density at radius 2 is 2.04 bits per heavy atom. The average molecular weight is 348 g/mol. The molecule has 1 rings (SSSR count). The molecule has 0 heterocycles. The summed E-state index contributed by atoms with van der Waals surface area (Å²) in [6, 6.07) is 2.34. The molecule has 0 aliphatic heterocycles.